The Morgan fingerprint density at radius 1 is 1.37 bits per heavy atom. The lowest BCUT2D eigenvalue weighted by molar-refractivity contribution is 0.204. The van der Waals surface area contributed by atoms with E-state index in [1.165, 1.54) is 25.7 Å². The molecule has 0 bridgehead atoms. The molecule has 3 heteroatoms. The van der Waals surface area contributed by atoms with Crippen molar-refractivity contribution >= 4 is 0 Å². The molecule has 2 unspecified atom stereocenters. The van der Waals surface area contributed by atoms with Gasteiger partial charge in [-0.05, 0) is 30.7 Å². The van der Waals surface area contributed by atoms with E-state index in [0.717, 1.165) is 29.8 Å². The van der Waals surface area contributed by atoms with E-state index < -0.39 is 0 Å². The topological polar surface area (TPSA) is 34.1 Å². The second-order valence-electron chi connectivity index (χ2n) is 5.85. The minimum Gasteiger partial charge on any atom is -0.481 e. The Morgan fingerprint density at radius 2 is 2.16 bits per heavy atom. The normalized spacial score (nSPS) is 23.6. The monoisotopic (exact) mass is 262 g/mol. The maximum absolute atomic E-state index is 5.31. The molecule has 19 heavy (non-hydrogen) atoms. The van der Waals surface area contributed by atoms with E-state index in [4.69, 9.17) is 4.74 Å². The number of nitrogens with one attached hydrogen (secondary N) is 1. The van der Waals surface area contributed by atoms with Gasteiger partial charge < -0.3 is 10.1 Å². The van der Waals surface area contributed by atoms with Gasteiger partial charge in [0.2, 0.25) is 5.88 Å². The summed E-state index contributed by atoms with van der Waals surface area (Å²) >= 11 is 0. The smallest absolute Gasteiger partial charge is 0.217 e. The third kappa shape index (κ3) is 3.69. The van der Waals surface area contributed by atoms with Crippen LogP contribution in [0.5, 0.6) is 5.88 Å². The van der Waals surface area contributed by atoms with Gasteiger partial charge in [-0.15, -0.1) is 0 Å². The van der Waals surface area contributed by atoms with E-state index in [1.807, 2.05) is 6.07 Å². The first-order valence-corrected chi connectivity index (χ1v) is 7.43. The van der Waals surface area contributed by atoms with Crippen molar-refractivity contribution in [3.05, 3.63) is 23.9 Å². The van der Waals surface area contributed by atoms with Crippen LogP contribution in [-0.2, 0) is 6.54 Å². The van der Waals surface area contributed by atoms with Crippen LogP contribution in [0.4, 0.5) is 0 Å². The molecule has 1 aromatic heterocycles. The van der Waals surface area contributed by atoms with Crippen LogP contribution in [-0.4, -0.2) is 18.1 Å². The molecular formula is C16H26N2O. The second-order valence-corrected chi connectivity index (χ2v) is 5.85. The van der Waals surface area contributed by atoms with E-state index >= 15 is 0 Å². The highest BCUT2D eigenvalue weighted by atomic mass is 16.5. The summed E-state index contributed by atoms with van der Waals surface area (Å²) in [5.74, 6) is 2.30. The predicted octanol–water partition coefficient (Wildman–Crippen LogP) is 3.39. The van der Waals surface area contributed by atoms with Crippen molar-refractivity contribution in [3.8, 4) is 5.88 Å². The molecule has 1 saturated carbocycles. The molecule has 1 fully saturated rings. The maximum atomic E-state index is 5.31. The highest BCUT2D eigenvalue weighted by molar-refractivity contribution is 5.25. The summed E-state index contributed by atoms with van der Waals surface area (Å²) in [6.07, 6.45) is 7.17. The number of hydrogen-bond donors (Lipinski definition) is 1. The molecule has 1 aromatic rings. The number of methoxy groups -OCH3 is 1. The zero-order valence-electron chi connectivity index (χ0n) is 12.4. The molecule has 0 radical (unpaired) electrons. The molecule has 0 spiro atoms. The van der Waals surface area contributed by atoms with Crippen LogP contribution >= 0.6 is 0 Å². The molecule has 1 aliphatic carbocycles. The van der Waals surface area contributed by atoms with Gasteiger partial charge in [-0.1, -0.05) is 32.8 Å². The van der Waals surface area contributed by atoms with Crippen LogP contribution in [0.15, 0.2) is 18.3 Å². The van der Waals surface area contributed by atoms with Gasteiger partial charge in [0.05, 0.1) is 7.11 Å². The highest BCUT2D eigenvalue weighted by Crippen LogP contribution is 2.30. The number of rotatable bonds is 5. The van der Waals surface area contributed by atoms with Crippen molar-refractivity contribution in [2.45, 2.75) is 52.1 Å². The largest absolute Gasteiger partial charge is 0.481 e. The molecule has 2 atom stereocenters. The summed E-state index contributed by atoms with van der Waals surface area (Å²) in [6.45, 7) is 5.54. The van der Waals surface area contributed by atoms with Crippen LogP contribution in [0.1, 0.15) is 45.1 Å². The Labute approximate surface area is 116 Å². The van der Waals surface area contributed by atoms with Gasteiger partial charge in [0.25, 0.3) is 0 Å². The van der Waals surface area contributed by atoms with E-state index in [2.05, 4.69) is 30.2 Å². The minimum absolute atomic E-state index is 0.638. The molecule has 0 saturated heterocycles. The summed E-state index contributed by atoms with van der Waals surface area (Å²) in [5.41, 5.74) is 1.15. The first-order chi connectivity index (χ1) is 9.22. The van der Waals surface area contributed by atoms with Gasteiger partial charge in [-0.2, -0.15) is 0 Å². The van der Waals surface area contributed by atoms with Crippen LogP contribution in [0, 0.1) is 11.8 Å². The third-order valence-corrected chi connectivity index (χ3v) is 4.27. The first-order valence-electron chi connectivity index (χ1n) is 7.43. The van der Waals surface area contributed by atoms with E-state index in [1.54, 1.807) is 13.3 Å². The van der Waals surface area contributed by atoms with Crippen molar-refractivity contribution < 1.29 is 4.74 Å². The molecule has 1 N–H and O–H groups in total. The quantitative estimate of drug-likeness (QED) is 0.883. The van der Waals surface area contributed by atoms with Gasteiger partial charge >= 0.3 is 0 Å². The molecule has 1 aliphatic rings. The number of nitrogens with zero attached hydrogens (tertiary/aromatic N) is 1. The third-order valence-electron chi connectivity index (χ3n) is 4.27. The highest BCUT2D eigenvalue weighted by Gasteiger charge is 2.27. The molecule has 0 aromatic carbocycles. The number of ether oxygens (including phenoxy) is 1. The minimum atomic E-state index is 0.638. The van der Waals surface area contributed by atoms with E-state index in [9.17, 15) is 0 Å². The van der Waals surface area contributed by atoms with Crippen LogP contribution in [0.25, 0.3) is 0 Å². The molecular weight excluding hydrogens is 236 g/mol. The lowest BCUT2D eigenvalue weighted by Crippen LogP contribution is -2.40. The average molecular weight is 262 g/mol. The number of hydrogen-bond acceptors (Lipinski definition) is 3. The van der Waals surface area contributed by atoms with Crippen molar-refractivity contribution in [3.63, 3.8) is 0 Å². The molecule has 106 valence electrons. The lowest BCUT2D eigenvalue weighted by atomic mass is 9.78. The lowest BCUT2D eigenvalue weighted by Gasteiger charge is -2.35. The Morgan fingerprint density at radius 3 is 2.89 bits per heavy atom. The predicted molar refractivity (Wildman–Crippen MR) is 78.2 cm³/mol. The average Bonchev–Trinajstić information content (AvgIpc) is 2.45. The zero-order chi connectivity index (χ0) is 13.7. The van der Waals surface area contributed by atoms with Gasteiger partial charge in [0.1, 0.15) is 0 Å². The van der Waals surface area contributed by atoms with Crippen molar-refractivity contribution in [2.75, 3.05) is 7.11 Å². The van der Waals surface area contributed by atoms with E-state index in [0.29, 0.717) is 6.04 Å². The Kier molecular flexibility index (Phi) is 5.20. The fourth-order valence-corrected chi connectivity index (χ4v) is 3.19. The Bertz CT molecular complexity index is 392. The van der Waals surface area contributed by atoms with Crippen LogP contribution < -0.4 is 10.1 Å². The van der Waals surface area contributed by atoms with Gasteiger partial charge in [-0.25, -0.2) is 4.98 Å². The van der Waals surface area contributed by atoms with Crippen molar-refractivity contribution in [2.24, 2.45) is 11.8 Å². The second kappa shape index (κ2) is 6.90. The fraction of sp³-hybridized carbons (Fsp3) is 0.688. The maximum Gasteiger partial charge on any atom is 0.217 e. The standard InChI is InChI=1S/C16H26N2O/c1-12(2)14-8-4-5-9-15(14)18-11-13-7-6-10-17-16(13)19-3/h6-7,10,12,14-15,18H,4-5,8-9,11H2,1-3H3. The van der Waals surface area contributed by atoms with Crippen molar-refractivity contribution in [1.82, 2.24) is 10.3 Å². The summed E-state index contributed by atoms with van der Waals surface area (Å²) in [5, 5.41) is 3.72. The van der Waals surface area contributed by atoms with Crippen LogP contribution in [0.2, 0.25) is 0 Å². The zero-order valence-corrected chi connectivity index (χ0v) is 12.4. The summed E-state index contributed by atoms with van der Waals surface area (Å²) < 4.78 is 5.31. The molecule has 0 amide bonds. The summed E-state index contributed by atoms with van der Waals surface area (Å²) in [6, 6.07) is 4.70. The van der Waals surface area contributed by atoms with Crippen molar-refractivity contribution in [1.29, 1.82) is 0 Å². The SMILES string of the molecule is COc1ncccc1CNC1CCCCC1C(C)C. The summed E-state index contributed by atoms with van der Waals surface area (Å²) in [7, 11) is 1.68. The Hall–Kier alpha value is -1.09. The number of pyridine rings is 1. The first kappa shape index (κ1) is 14.3. The molecule has 3 nitrogen and oxygen atoms in total. The van der Waals surface area contributed by atoms with Gasteiger partial charge in [0, 0.05) is 24.3 Å². The molecule has 2 rings (SSSR count). The molecule has 0 aliphatic heterocycles. The van der Waals surface area contributed by atoms with E-state index in [-0.39, 0.29) is 0 Å². The van der Waals surface area contributed by atoms with Gasteiger partial charge in [-0.3, -0.25) is 0 Å². The van der Waals surface area contributed by atoms with Crippen LogP contribution in [0.3, 0.4) is 0 Å². The molecule has 1 heterocycles. The fourth-order valence-electron chi connectivity index (χ4n) is 3.19. The summed E-state index contributed by atoms with van der Waals surface area (Å²) in [4.78, 5) is 4.25. The number of aromatic nitrogens is 1. The van der Waals surface area contributed by atoms with Gasteiger partial charge in [0.15, 0.2) is 0 Å². The Balaban J connectivity index is 1.96.